The van der Waals surface area contributed by atoms with Crippen molar-refractivity contribution in [2.45, 2.75) is 31.7 Å². The molecule has 2 N–H and O–H groups in total. The van der Waals surface area contributed by atoms with Gasteiger partial charge in [0.25, 0.3) is 0 Å². The van der Waals surface area contributed by atoms with Crippen molar-refractivity contribution in [3.05, 3.63) is 24.5 Å². The largest absolute Gasteiger partial charge is 0.323 e. The smallest absolute Gasteiger partial charge is 0.244 e. The van der Waals surface area contributed by atoms with Crippen LogP contribution in [0.25, 0.3) is 0 Å². The molecule has 6 heteroatoms. The van der Waals surface area contributed by atoms with E-state index >= 15 is 0 Å². The fourth-order valence-electron chi connectivity index (χ4n) is 2.15. The van der Waals surface area contributed by atoms with Gasteiger partial charge in [0.2, 0.25) is 5.91 Å². The Kier molecular flexibility index (Phi) is 7.21. The zero-order valence-corrected chi connectivity index (χ0v) is 11.9. The van der Waals surface area contributed by atoms with Gasteiger partial charge in [-0.2, -0.15) is 0 Å². The Labute approximate surface area is 120 Å². The molecular formula is C12H19Cl2N3O. The lowest BCUT2D eigenvalue weighted by atomic mass is 9.93. The molecule has 18 heavy (non-hydrogen) atoms. The van der Waals surface area contributed by atoms with Crippen molar-refractivity contribution in [3.8, 4) is 0 Å². The predicted octanol–water partition coefficient (Wildman–Crippen LogP) is 2.40. The minimum absolute atomic E-state index is 0. The lowest BCUT2D eigenvalue weighted by Gasteiger charge is -2.26. The van der Waals surface area contributed by atoms with Gasteiger partial charge in [-0.05, 0) is 37.9 Å². The first-order chi connectivity index (χ1) is 7.77. The van der Waals surface area contributed by atoms with E-state index < -0.39 is 0 Å². The highest BCUT2D eigenvalue weighted by Crippen LogP contribution is 2.24. The van der Waals surface area contributed by atoms with E-state index in [1.54, 1.807) is 12.4 Å². The van der Waals surface area contributed by atoms with E-state index in [2.05, 4.69) is 15.6 Å². The van der Waals surface area contributed by atoms with Crippen LogP contribution in [0.4, 0.5) is 5.69 Å². The fraction of sp³-hybridized carbons (Fsp3) is 0.500. The number of amides is 1. The van der Waals surface area contributed by atoms with Crippen LogP contribution in [0.2, 0.25) is 0 Å². The summed E-state index contributed by atoms with van der Waals surface area (Å²) in [5, 5.41) is 6.22. The monoisotopic (exact) mass is 291 g/mol. The first-order valence-electron chi connectivity index (χ1n) is 5.73. The van der Waals surface area contributed by atoms with Crippen molar-refractivity contribution in [2.24, 2.45) is 0 Å². The van der Waals surface area contributed by atoms with Crippen LogP contribution in [0.3, 0.4) is 0 Å². The summed E-state index contributed by atoms with van der Waals surface area (Å²) in [4.78, 5) is 16.1. The normalized spacial score (nSPS) is 21.6. The van der Waals surface area contributed by atoms with Crippen LogP contribution in [0, 0.1) is 0 Å². The molecule has 2 heterocycles. The number of hydrogen-bond donors (Lipinski definition) is 2. The first kappa shape index (κ1) is 17.2. The number of nitrogens with one attached hydrogen (secondary N) is 2. The van der Waals surface area contributed by atoms with Gasteiger partial charge in [-0.1, -0.05) is 6.92 Å². The molecular weight excluding hydrogens is 273 g/mol. The van der Waals surface area contributed by atoms with E-state index in [1.165, 1.54) is 0 Å². The Balaban J connectivity index is 0.00000144. The summed E-state index contributed by atoms with van der Waals surface area (Å²) in [6.07, 6.45) is 6.15. The molecule has 1 aromatic rings. The van der Waals surface area contributed by atoms with Gasteiger partial charge < -0.3 is 10.6 Å². The maximum absolute atomic E-state index is 12.2. The van der Waals surface area contributed by atoms with Crippen LogP contribution < -0.4 is 10.6 Å². The summed E-state index contributed by atoms with van der Waals surface area (Å²) in [7, 11) is 0. The van der Waals surface area contributed by atoms with Gasteiger partial charge in [-0.15, -0.1) is 24.8 Å². The van der Waals surface area contributed by atoms with Crippen molar-refractivity contribution in [1.82, 2.24) is 10.3 Å². The van der Waals surface area contributed by atoms with Crippen LogP contribution in [-0.4, -0.2) is 23.0 Å². The number of pyridine rings is 1. The van der Waals surface area contributed by atoms with Crippen LogP contribution in [0.1, 0.15) is 26.2 Å². The van der Waals surface area contributed by atoms with E-state index in [1.807, 2.05) is 19.1 Å². The van der Waals surface area contributed by atoms with Gasteiger partial charge in [0.1, 0.15) is 0 Å². The Morgan fingerprint density at radius 1 is 1.56 bits per heavy atom. The summed E-state index contributed by atoms with van der Waals surface area (Å²) in [6.45, 7) is 2.97. The van der Waals surface area contributed by atoms with E-state index in [4.69, 9.17) is 0 Å². The second-order valence-electron chi connectivity index (χ2n) is 4.16. The van der Waals surface area contributed by atoms with Crippen molar-refractivity contribution in [3.63, 3.8) is 0 Å². The Bertz CT molecular complexity index is 367. The molecule has 102 valence electrons. The fourth-order valence-corrected chi connectivity index (χ4v) is 2.15. The maximum Gasteiger partial charge on any atom is 0.244 e. The number of nitrogens with zero attached hydrogens (tertiary/aromatic N) is 1. The lowest BCUT2D eigenvalue weighted by Crippen LogP contribution is -2.50. The highest BCUT2D eigenvalue weighted by atomic mass is 35.5. The van der Waals surface area contributed by atoms with Crippen molar-refractivity contribution < 1.29 is 4.79 Å². The Hall–Kier alpha value is -0.840. The molecule has 1 atom stereocenters. The molecule has 0 bridgehead atoms. The summed E-state index contributed by atoms with van der Waals surface area (Å²) in [5.74, 6) is 0.0560. The molecule has 4 nitrogen and oxygen atoms in total. The summed E-state index contributed by atoms with van der Waals surface area (Å²) in [6, 6.07) is 3.67. The van der Waals surface area contributed by atoms with Crippen LogP contribution in [-0.2, 0) is 4.79 Å². The zero-order chi connectivity index (χ0) is 11.4. The summed E-state index contributed by atoms with van der Waals surface area (Å²) >= 11 is 0. The predicted molar refractivity (Wildman–Crippen MR) is 77.6 cm³/mol. The average molecular weight is 292 g/mol. The number of hydrogen-bond acceptors (Lipinski definition) is 3. The van der Waals surface area contributed by atoms with Gasteiger partial charge in [0.05, 0.1) is 17.4 Å². The molecule has 0 saturated carbocycles. The molecule has 1 aliphatic heterocycles. The van der Waals surface area contributed by atoms with Crippen molar-refractivity contribution >= 4 is 36.4 Å². The molecule has 1 aliphatic rings. The molecule has 1 unspecified atom stereocenters. The molecule has 1 saturated heterocycles. The van der Waals surface area contributed by atoms with E-state index in [9.17, 15) is 4.79 Å². The lowest BCUT2D eigenvalue weighted by molar-refractivity contribution is -0.122. The van der Waals surface area contributed by atoms with Crippen molar-refractivity contribution in [1.29, 1.82) is 0 Å². The summed E-state index contributed by atoms with van der Waals surface area (Å²) in [5.41, 5.74) is 0.379. The minimum Gasteiger partial charge on any atom is -0.323 e. The molecule has 1 amide bonds. The SMILES string of the molecule is CCC1(C(=O)Nc2cccnc2)CCCN1.Cl.Cl. The van der Waals surface area contributed by atoms with Gasteiger partial charge in [0.15, 0.2) is 0 Å². The summed E-state index contributed by atoms with van der Waals surface area (Å²) < 4.78 is 0. The third kappa shape index (κ3) is 3.57. The molecule has 0 aliphatic carbocycles. The molecule has 0 radical (unpaired) electrons. The molecule has 1 fully saturated rings. The average Bonchev–Trinajstić information content (AvgIpc) is 2.80. The molecule has 1 aromatic heterocycles. The highest BCUT2D eigenvalue weighted by molar-refractivity contribution is 5.98. The number of aromatic nitrogens is 1. The third-order valence-electron chi connectivity index (χ3n) is 3.20. The molecule has 0 aromatic carbocycles. The molecule has 2 rings (SSSR count). The number of carbonyl (C=O) groups is 1. The molecule has 0 spiro atoms. The van der Waals surface area contributed by atoms with Crippen LogP contribution in [0.5, 0.6) is 0 Å². The zero-order valence-electron chi connectivity index (χ0n) is 10.3. The van der Waals surface area contributed by atoms with E-state index in [0.29, 0.717) is 0 Å². The number of carbonyl (C=O) groups excluding carboxylic acids is 1. The Morgan fingerprint density at radius 2 is 2.33 bits per heavy atom. The van der Waals surface area contributed by atoms with Gasteiger partial charge >= 0.3 is 0 Å². The topological polar surface area (TPSA) is 54.0 Å². The van der Waals surface area contributed by atoms with Gasteiger partial charge in [-0.25, -0.2) is 0 Å². The second-order valence-corrected chi connectivity index (χ2v) is 4.16. The standard InChI is InChI=1S/C12H17N3O.2ClH/c1-2-12(6-4-8-14-12)11(16)15-10-5-3-7-13-9-10;;/h3,5,7,9,14H,2,4,6,8H2,1H3,(H,15,16);2*1H. The highest BCUT2D eigenvalue weighted by Gasteiger charge is 2.38. The van der Waals surface area contributed by atoms with Gasteiger partial charge in [-0.3, -0.25) is 9.78 Å². The number of anilines is 1. The quantitative estimate of drug-likeness (QED) is 0.899. The number of rotatable bonds is 3. The first-order valence-corrected chi connectivity index (χ1v) is 5.73. The Morgan fingerprint density at radius 3 is 2.83 bits per heavy atom. The third-order valence-corrected chi connectivity index (χ3v) is 3.20. The van der Waals surface area contributed by atoms with E-state index in [0.717, 1.165) is 31.5 Å². The number of halogens is 2. The maximum atomic E-state index is 12.2. The second kappa shape index (κ2) is 7.56. The van der Waals surface area contributed by atoms with Gasteiger partial charge in [0, 0.05) is 6.20 Å². The van der Waals surface area contributed by atoms with Crippen LogP contribution in [0.15, 0.2) is 24.5 Å². The van der Waals surface area contributed by atoms with Crippen LogP contribution >= 0.6 is 24.8 Å². The van der Waals surface area contributed by atoms with Crippen molar-refractivity contribution in [2.75, 3.05) is 11.9 Å². The van der Waals surface area contributed by atoms with E-state index in [-0.39, 0.29) is 36.3 Å². The minimum atomic E-state index is -0.379.